The summed E-state index contributed by atoms with van der Waals surface area (Å²) in [5.74, 6) is 3.78. The number of nitrogen functional groups attached to an aromatic ring is 1. The molecule has 7 heteroatoms. The van der Waals surface area contributed by atoms with Gasteiger partial charge in [-0.25, -0.2) is 19.6 Å². The Kier molecular flexibility index (Phi) is 4.16. The molecule has 1 aromatic rings. The molecule has 0 spiro atoms. The van der Waals surface area contributed by atoms with Crippen molar-refractivity contribution in [3.63, 3.8) is 0 Å². The second-order valence-corrected chi connectivity index (χ2v) is 5.02. The fourth-order valence-corrected chi connectivity index (χ4v) is 2.49. The van der Waals surface area contributed by atoms with E-state index in [4.69, 9.17) is 5.84 Å². The Bertz CT molecular complexity index is 452. The molecule has 0 aromatic carbocycles. The molecule has 3 N–H and O–H groups in total. The van der Waals surface area contributed by atoms with Gasteiger partial charge in [0, 0.05) is 25.2 Å². The minimum Gasteiger partial charge on any atom is -0.350 e. The number of nitrogens with one attached hydrogen (secondary N) is 1. The summed E-state index contributed by atoms with van der Waals surface area (Å²) in [7, 11) is 3.94. The summed E-state index contributed by atoms with van der Waals surface area (Å²) in [6.07, 6.45) is 1.95. The molecule has 0 bridgehead atoms. The highest BCUT2D eigenvalue weighted by Crippen LogP contribution is 2.28. The number of nitrogens with two attached hydrogens (primary N) is 1. The summed E-state index contributed by atoms with van der Waals surface area (Å²) in [4.78, 5) is 7.88. The van der Waals surface area contributed by atoms with Gasteiger partial charge in [0.05, 0.1) is 0 Å². The average molecular weight is 271 g/mol. The van der Waals surface area contributed by atoms with Crippen LogP contribution >= 0.6 is 0 Å². The van der Waals surface area contributed by atoms with Crippen LogP contribution in [0.3, 0.4) is 0 Å². The molecule has 1 atom stereocenters. The van der Waals surface area contributed by atoms with Crippen LogP contribution in [0.15, 0.2) is 6.07 Å². The van der Waals surface area contributed by atoms with Crippen molar-refractivity contribution >= 4 is 11.6 Å². The lowest BCUT2D eigenvalue weighted by atomic mass is 10.2. The van der Waals surface area contributed by atoms with Crippen molar-refractivity contribution in [1.82, 2.24) is 9.88 Å². The van der Waals surface area contributed by atoms with Gasteiger partial charge in [0.2, 0.25) is 0 Å². The predicted octanol–water partition coefficient (Wildman–Crippen LogP) is 1.18. The second-order valence-electron chi connectivity index (χ2n) is 5.02. The first-order valence-electron chi connectivity index (χ1n) is 6.27. The molecule has 0 amide bonds. The third-order valence-electron chi connectivity index (χ3n) is 3.27. The van der Waals surface area contributed by atoms with E-state index in [0.29, 0.717) is 0 Å². The topological polar surface area (TPSA) is 57.4 Å². The van der Waals surface area contributed by atoms with Crippen molar-refractivity contribution in [2.75, 3.05) is 37.5 Å². The fraction of sp³-hybridized carbons (Fsp3) is 0.583. The quantitative estimate of drug-likeness (QED) is 0.636. The molecule has 1 fully saturated rings. The third-order valence-corrected chi connectivity index (χ3v) is 3.27. The first-order valence-corrected chi connectivity index (χ1v) is 6.27. The first-order chi connectivity index (χ1) is 9.02. The van der Waals surface area contributed by atoms with E-state index in [-0.39, 0.29) is 17.7 Å². The van der Waals surface area contributed by atoms with Gasteiger partial charge >= 0.3 is 0 Å². The van der Waals surface area contributed by atoms with Crippen molar-refractivity contribution in [3.05, 3.63) is 17.7 Å². The molecule has 1 saturated heterocycles. The van der Waals surface area contributed by atoms with Crippen LogP contribution in [0.25, 0.3) is 0 Å². The van der Waals surface area contributed by atoms with Crippen LogP contribution in [0, 0.1) is 11.6 Å². The van der Waals surface area contributed by atoms with E-state index in [2.05, 4.69) is 10.4 Å². The smallest absolute Gasteiger partial charge is 0.178 e. The SMILES string of the molecule is CN(C)CC1CCCN1c1nc(NN)c(F)cc1F. The van der Waals surface area contributed by atoms with Crippen molar-refractivity contribution in [3.8, 4) is 0 Å². The zero-order chi connectivity index (χ0) is 14.0. The third kappa shape index (κ3) is 2.93. The summed E-state index contributed by atoms with van der Waals surface area (Å²) in [5.41, 5.74) is 2.15. The zero-order valence-corrected chi connectivity index (χ0v) is 11.2. The minimum atomic E-state index is -0.785. The van der Waals surface area contributed by atoms with Gasteiger partial charge in [-0.05, 0) is 26.9 Å². The monoisotopic (exact) mass is 271 g/mol. The normalized spacial score (nSPS) is 19.3. The molecular weight excluding hydrogens is 252 g/mol. The molecular formula is C12H19F2N5. The van der Waals surface area contributed by atoms with Gasteiger partial charge < -0.3 is 15.2 Å². The molecule has 0 saturated carbocycles. The van der Waals surface area contributed by atoms with Gasteiger partial charge in [-0.15, -0.1) is 0 Å². The molecule has 1 aliphatic rings. The Balaban J connectivity index is 2.29. The van der Waals surface area contributed by atoms with E-state index in [9.17, 15) is 8.78 Å². The lowest BCUT2D eigenvalue weighted by Crippen LogP contribution is -2.38. The number of aromatic nitrogens is 1. The number of rotatable bonds is 4. The van der Waals surface area contributed by atoms with Crippen LogP contribution < -0.4 is 16.2 Å². The number of halogens is 2. The molecule has 1 aliphatic heterocycles. The lowest BCUT2D eigenvalue weighted by molar-refractivity contribution is 0.370. The van der Waals surface area contributed by atoms with Gasteiger partial charge in [0.1, 0.15) is 0 Å². The van der Waals surface area contributed by atoms with Gasteiger partial charge in [-0.3, -0.25) is 0 Å². The Morgan fingerprint density at radius 1 is 1.47 bits per heavy atom. The largest absolute Gasteiger partial charge is 0.350 e. The molecule has 0 radical (unpaired) electrons. The Morgan fingerprint density at radius 2 is 2.21 bits per heavy atom. The molecule has 5 nitrogen and oxygen atoms in total. The van der Waals surface area contributed by atoms with E-state index in [0.717, 1.165) is 32.0 Å². The summed E-state index contributed by atoms with van der Waals surface area (Å²) >= 11 is 0. The summed E-state index contributed by atoms with van der Waals surface area (Å²) < 4.78 is 27.3. The van der Waals surface area contributed by atoms with Crippen molar-refractivity contribution in [1.29, 1.82) is 0 Å². The first kappa shape index (κ1) is 14.0. The van der Waals surface area contributed by atoms with Gasteiger partial charge in [-0.1, -0.05) is 0 Å². The maximum Gasteiger partial charge on any atom is 0.178 e. The highest BCUT2D eigenvalue weighted by molar-refractivity contribution is 5.50. The molecule has 0 aliphatic carbocycles. The Morgan fingerprint density at radius 3 is 2.84 bits per heavy atom. The number of hydrogen-bond acceptors (Lipinski definition) is 5. The Labute approximate surface area is 111 Å². The summed E-state index contributed by atoms with van der Waals surface area (Å²) in [6, 6.07) is 1.01. The van der Waals surface area contributed by atoms with Crippen LogP contribution in [-0.4, -0.2) is 43.1 Å². The van der Waals surface area contributed by atoms with E-state index in [1.807, 2.05) is 23.9 Å². The number of nitrogens with zero attached hydrogens (tertiary/aromatic N) is 3. The van der Waals surface area contributed by atoms with E-state index >= 15 is 0 Å². The summed E-state index contributed by atoms with van der Waals surface area (Å²) in [6.45, 7) is 1.53. The molecule has 2 rings (SSSR count). The summed E-state index contributed by atoms with van der Waals surface area (Å²) in [5, 5.41) is 0. The predicted molar refractivity (Wildman–Crippen MR) is 70.9 cm³/mol. The molecule has 2 heterocycles. The van der Waals surface area contributed by atoms with Crippen LogP contribution in [0.4, 0.5) is 20.4 Å². The maximum absolute atomic E-state index is 13.9. The average Bonchev–Trinajstić information content (AvgIpc) is 2.76. The minimum absolute atomic E-state index is 0.132. The molecule has 19 heavy (non-hydrogen) atoms. The highest BCUT2D eigenvalue weighted by Gasteiger charge is 2.29. The second kappa shape index (κ2) is 5.66. The maximum atomic E-state index is 13.9. The number of pyridine rings is 1. The Hall–Kier alpha value is -1.47. The number of anilines is 2. The van der Waals surface area contributed by atoms with Crippen LogP contribution in [0.5, 0.6) is 0 Å². The lowest BCUT2D eigenvalue weighted by Gasteiger charge is -2.28. The van der Waals surface area contributed by atoms with Crippen LogP contribution in [0.1, 0.15) is 12.8 Å². The standard InChI is InChI=1S/C12H19F2N5/c1-18(2)7-8-4-3-5-19(8)12-10(14)6-9(13)11(16-12)17-15/h6,8H,3-5,7,15H2,1-2H3,(H,16,17). The van der Waals surface area contributed by atoms with Gasteiger partial charge in [0.15, 0.2) is 23.3 Å². The number of hydrazine groups is 1. The van der Waals surface area contributed by atoms with Gasteiger partial charge in [-0.2, -0.15) is 0 Å². The van der Waals surface area contributed by atoms with Crippen LogP contribution in [-0.2, 0) is 0 Å². The number of likely N-dealkylation sites (N-methyl/N-ethyl adjacent to an activating group) is 1. The van der Waals surface area contributed by atoms with E-state index < -0.39 is 11.6 Å². The molecule has 1 aromatic heterocycles. The van der Waals surface area contributed by atoms with Gasteiger partial charge in [0.25, 0.3) is 0 Å². The highest BCUT2D eigenvalue weighted by atomic mass is 19.1. The number of hydrogen-bond donors (Lipinski definition) is 2. The van der Waals surface area contributed by atoms with Crippen molar-refractivity contribution in [2.45, 2.75) is 18.9 Å². The van der Waals surface area contributed by atoms with E-state index in [1.165, 1.54) is 0 Å². The zero-order valence-electron chi connectivity index (χ0n) is 11.2. The molecule has 1 unspecified atom stereocenters. The van der Waals surface area contributed by atoms with Crippen LogP contribution in [0.2, 0.25) is 0 Å². The fourth-order valence-electron chi connectivity index (χ4n) is 2.49. The van der Waals surface area contributed by atoms with Crippen molar-refractivity contribution in [2.24, 2.45) is 5.84 Å². The molecule has 106 valence electrons. The van der Waals surface area contributed by atoms with E-state index in [1.54, 1.807) is 0 Å². The van der Waals surface area contributed by atoms with Crippen molar-refractivity contribution < 1.29 is 8.78 Å².